The van der Waals surface area contributed by atoms with E-state index in [2.05, 4.69) is 12.6 Å². The molecule has 1 amide bonds. The number of amides is 1. The van der Waals surface area contributed by atoms with Gasteiger partial charge in [-0.1, -0.05) is 12.1 Å². The molecule has 2 aromatic rings. The number of halogens is 1. The van der Waals surface area contributed by atoms with Crippen LogP contribution in [0.15, 0.2) is 52.3 Å². The molecule has 1 aliphatic heterocycles. The number of nitrogens with two attached hydrogens (primary N) is 1. The Morgan fingerprint density at radius 2 is 1.90 bits per heavy atom. The third-order valence-electron chi connectivity index (χ3n) is 4.59. The van der Waals surface area contributed by atoms with Crippen molar-refractivity contribution >= 4 is 40.3 Å². The van der Waals surface area contributed by atoms with Crippen molar-refractivity contribution in [2.75, 3.05) is 26.3 Å². The Kier molecular flexibility index (Phi) is 6.74. The lowest BCUT2D eigenvalue weighted by Crippen LogP contribution is -2.81. The first-order valence-corrected chi connectivity index (χ1v) is 11.0. The Labute approximate surface area is 174 Å². The Morgan fingerprint density at radius 3 is 2.55 bits per heavy atom. The van der Waals surface area contributed by atoms with Gasteiger partial charge in [-0.3, -0.25) is 4.79 Å². The topological polar surface area (TPSA) is 84.6 Å². The fourth-order valence-corrected chi connectivity index (χ4v) is 4.48. The van der Waals surface area contributed by atoms with Gasteiger partial charge < -0.3 is 9.64 Å². The number of hydrogen-bond donors (Lipinski definition) is 2. The molecule has 1 aliphatic rings. The average molecular weight is 439 g/mol. The van der Waals surface area contributed by atoms with E-state index in [-0.39, 0.29) is 15.7 Å². The molecule has 0 saturated carbocycles. The average Bonchev–Trinajstić information content (AvgIpc) is 2.70. The highest BCUT2D eigenvalue weighted by Crippen LogP contribution is 2.22. The summed E-state index contributed by atoms with van der Waals surface area (Å²) >= 11 is 4.37. The van der Waals surface area contributed by atoms with Crippen LogP contribution >= 0.6 is 12.6 Å². The van der Waals surface area contributed by atoms with Crippen molar-refractivity contribution in [2.45, 2.75) is 11.8 Å². The van der Waals surface area contributed by atoms with Gasteiger partial charge in [0.25, 0.3) is 5.91 Å². The molecule has 3 N–H and O–H groups in total. The van der Waals surface area contributed by atoms with Crippen LogP contribution < -0.4 is 4.72 Å². The van der Waals surface area contributed by atoms with E-state index in [9.17, 15) is 17.6 Å². The molecule has 2 aromatic carbocycles. The summed E-state index contributed by atoms with van der Waals surface area (Å²) in [6, 6.07) is 10.2. The number of benzene rings is 2. The highest BCUT2D eigenvalue weighted by atomic mass is 32.2. The van der Waals surface area contributed by atoms with Gasteiger partial charge in [0, 0.05) is 24.7 Å². The number of quaternary nitrogens is 1. The van der Waals surface area contributed by atoms with Crippen LogP contribution in [-0.2, 0) is 19.6 Å². The minimum atomic E-state index is -3.55. The number of rotatable bonds is 5. The van der Waals surface area contributed by atoms with Gasteiger partial charge in [0.2, 0.25) is 0 Å². The molecule has 29 heavy (non-hydrogen) atoms. The molecule has 1 unspecified atom stereocenters. The Bertz CT molecular complexity index is 1030. The number of thiol groups is 1. The largest absolute Gasteiger partial charge is 0.461 e. The van der Waals surface area contributed by atoms with E-state index in [1.54, 1.807) is 23.1 Å². The third kappa shape index (κ3) is 5.24. The molecule has 0 spiro atoms. The zero-order valence-electron chi connectivity index (χ0n) is 15.9. The quantitative estimate of drug-likeness (QED) is 0.324. The van der Waals surface area contributed by atoms with Crippen LogP contribution in [0, 0.1) is 12.7 Å². The molecule has 0 bridgehead atoms. The third-order valence-corrected chi connectivity index (χ3v) is 6.44. The van der Waals surface area contributed by atoms with E-state index >= 15 is 0 Å². The number of carbonyl (C=O) groups is 1. The van der Waals surface area contributed by atoms with Crippen molar-refractivity contribution < 1.29 is 27.1 Å². The first-order chi connectivity index (χ1) is 13.8. The van der Waals surface area contributed by atoms with Gasteiger partial charge in [0.05, 0.1) is 18.1 Å². The molecule has 3 rings (SSSR count). The van der Waals surface area contributed by atoms with E-state index in [0.29, 0.717) is 37.6 Å². The van der Waals surface area contributed by atoms with Gasteiger partial charge in [-0.2, -0.15) is 8.93 Å². The van der Waals surface area contributed by atoms with E-state index in [1.807, 2.05) is 13.0 Å². The van der Waals surface area contributed by atoms with Crippen LogP contribution in [0.2, 0.25) is 0 Å². The zero-order chi connectivity index (χ0) is 21.0. The van der Waals surface area contributed by atoms with Crippen molar-refractivity contribution in [3.8, 4) is 0 Å². The molecule has 1 atom stereocenters. The van der Waals surface area contributed by atoms with Gasteiger partial charge >= 0.3 is 10.0 Å². The fourth-order valence-electron chi connectivity index (χ4n) is 3.00. The molecule has 0 aliphatic carbocycles. The molecule has 0 radical (unpaired) electrons. The number of hydrogen-bond acceptors (Lipinski definition) is 4. The SMILES string of the molecule is Cc1cccc([NH2+]S(=O)(=[OH+])c2ccc(F)cc2)c1C=C(S)C(=O)N1CCOCC1. The van der Waals surface area contributed by atoms with Gasteiger partial charge in [-0.25, -0.2) is 4.39 Å². The standard InChI is InChI=1S/C20H21FN2O4S2/c1-14-3-2-4-18(22-29(25,26)16-7-5-15(21)6-8-16)17(14)13-19(28)20(24)23-9-11-27-12-10-23/h2-8,13,28H,9-12H2,1H3,(H,22,25,26)/p+2. The van der Waals surface area contributed by atoms with Gasteiger partial charge in [0.1, 0.15) is 5.82 Å². The predicted molar refractivity (Wildman–Crippen MR) is 112 cm³/mol. The number of ether oxygens (including phenoxy) is 1. The lowest BCUT2D eigenvalue weighted by atomic mass is 10.1. The van der Waals surface area contributed by atoms with E-state index in [4.69, 9.17) is 4.74 Å². The molecular weight excluding hydrogens is 415 g/mol. The fraction of sp³-hybridized carbons (Fsp3) is 0.250. The summed E-state index contributed by atoms with van der Waals surface area (Å²) in [6.45, 7) is 3.82. The van der Waals surface area contributed by atoms with Crippen molar-refractivity contribution in [1.29, 1.82) is 0 Å². The van der Waals surface area contributed by atoms with E-state index in [0.717, 1.165) is 17.7 Å². The molecule has 1 saturated heterocycles. The Hall–Kier alpha value is -2.20. The lowest BCUT2D eigenvalue weighted by molar-refractivity contribution is -0.397. The highest BCUT2D eigenvalue weighted by Gasteiger charge is 2.27. The number of nitrogens with zero attached hydrogens (tertiary/aromatic N) is 1. The van der Waals surface area contributed by atoms with Crippen LogP contribution in [-0.4, -0.2) is 45.5 Å². The van der Waals surface area contributed by atoms with Crippen LogP contribution in [0.4, 0.5) is 10.1 Å². The summed E-state index contributed by atoms with van der Waals surface area (Å²) in [5.41, 5.74) is 1.94. The lowest BCUT2D eigenvalue weighted by Gasteiger charge is -2.26. The Balaban J connectivity index is 1.91. The van der Waals surface area contributed by atoms with E-state index < -0.39 is 15.8 Å². The monoisotopic (exact) mass is 438 g/mol. The molecule has 6 nitrogen and oxygen atoms in total. The molecule has 154 valence electrons. The minimum absolute atomic E-state index is 0.103. The number of carbonyl (C=O) groups excluding carboxylic acids is 1. The maximum atomic E-state index is 13.1. The van der Waals surface area contributed by atoms with Crippen molar-refractivity contribution in [3.63, 3.8) is 0 Å². The van der Waals surface area contributed by atoms with Crippen molar-refractivity contribution in [2.24, 2.45) is 0 Å². The van der Waals surface area contributed by atoms with Gasteiger partial charge in [-0.15, -0.1) is 16.8 Å². The predicted octanol–water partition coefficient (Wildman–Crippen LogP) is 2.00. The summed E-state index contributed by atoms with van der Waals surface area (Å²) in [4.78, 5) is 14.6. The Morgan fingerprint density at radius 1 is 1.24 bits per heavy atom. The molecule has 1 fully saturated rings. The second-order valence-corrected chi connectivity index (χ2v) is 8.98. The number of morpholine rings is 1. The van der Waals surface area contributed by atoms with E-state index in [1.165, 1.54) is 16.9 Å². The minimum Gasteiger partial charge on any atom is -0.378 e. The van der Waals surface area contributed by atoms with Gasteiger partial charge in [0.15, 0.2) is 10.6 Å². The van der Waals surface area contributed by atoms with Crippen molar-refractivity contribution in [3.05, 3.63) is 64.3 Å². The summed E-state index contributed by atoms with van der Waals surface area (Å²) in [7, 11) is -3.55. The van der Waals surface area contributed by atoms with Crippen LogP contribution in [0.25, 0.3) is 6.08 Å². The van der Waals surface area contributed by atoms with Crippen LogP contribution in [0.3, 0.4) is 0 Å². The first kappa shape index (κ1) is 21.5. The normalized spacial score (nSPS) is 17.1. The van der Waals surface area contributed by atoms with Crippen LogP contribution in [0.5, 0.6) is 0 Å². The molecular formula is C20H23FN2O4S2+2. The first-order valence-electron chi connectivity index (χ1n) is 9.02. The highest BCUT2D eigenvalue weighted by molar-refractivity contribution is 7.86. The summed E-state index contributed by atoms with van der Waals surface area (Å²) < 4.78 is 43.0. The molecule has 1 heterocycles. The second kappa shape index (κ2) is 9.08. The molecule has 9 heteroatoms. The summed E-state index contributed by atoms with van der Waals surface area (Å²) in [6.07, 6.45) is 1.61. The smallest absolute Gasteiger partial charge is 0.378 e. The maximum absolute atomic E-state index is 13.1. The van der Waals surface area contributed by atoms with Crippen molar-refractivity contribution in [1.82, 2.24) is 4.90 Å². The summed E-state index contributed by atoms with van der Waals surface area (Å²) in [5.74, 6) is -0.696. The maximum Gasteiger partial charge on any atom is 0.461 e. The van der Waals surface area contributed by atoms with Gasteiger partial charge in [-0.05, 0) is 42.8 Å². The summed E-state index contributed by atoms with van der Waals surface area (Å²) in [5, 5.41) is 0. The zero-order valence-corrected chi connectivity index (χ0v) is 17.6. The molecule has 0 aromatic heterocycles. The number of aryl methyl sites for hydroxylation is 1. The van der Waals surface area contributed by atoms with Crippen LogP contribution in [0.1, 0.15) is 11.1 Å². The second-order valence-electron chi connectivity index (χ2n) is 6.65.